The minimum absolute atomic E-state index is 0.0967. The van der Waals surface area contributed by atoms with E-state index in [1.165, 1.54) is 31.2 Å². The summed E-state index contributed by atoms with van der Waals surface area (Å²) in [6.07, 6.45) is 9.60. The molecule has 0 unspecified atom stereocenters. The van der Waals surface area contributed by atoms with E-state index in [4.69, 9.17) is 10.1 Å². The molecule has 5 heteroatoms. The van der Waals surface area contributed by atoms with E-state index in [2.05, 4.69) is 24.0 Å². The zero-order valence-corrected chi connectivity index (χ0v) is 16.6. The number of likely N-dealkylation sites (N-methyl/N-ethyl adjacent to an activating group) is 1. The van der Waals surface area contributed by atoms with Crippen LogP contribution >= 0.6 is 0 Å². The molecular formula is C23H27N3O2. The fourth-order valence-electron chi connectivity index (χ4n) is 3.41. The first kappa shape index (κ1) is 19.8. The molecule has 0 fully saturated rings. The number of rotatable bonds is 9. The highest BCUT2D eigenvalue weighted by Gasteiger charge is 2.13. The maximum absolute atomic E-state index is 11.1. The van der Waals surface area contributed by atoms with Crippen LogP contribution in [0.1, 0.15) is 38.2 Å². The zero-order valence-electron chi connectivity index (χ0n) is 16.6. The molecule has 0 aliphatic rings. The minimum Gasteiger partial charge on any atom is -0.480 e. The first-order valence-corrected chi connectivity index (χ1v) is 9.85. The molecule has 0 aliphatic heterocycles. The molecule has 3 aromatic rings. The number of carboxylic acids is 1. The van der Waals surface area contributed by atoms with Crippen molar-refractivity contribution >= 4 is 22.7 Å². The summed E-state index contributed by atoms with van der Waals surface area (Å²) in [5, 5.41) is 10.2. The molecule has 0 atom stereocenters. The first-order valence-electron chi connectivity index (χ1n) is 9.85. The van der Waals surface area contributed by atoms with Crippen LogP contribution in [0.4, 0.5) is 5.82 Å². The Kier molecular flexibility index (Phi) is 6.58. The number of nitrogens with zero attached hydrogens (tertiary/aromatic N) is 3. The molecule has 0 saturated carbocycles. The number of unbranched alkanes of at least 4 members (excludes halogenated alkanes) is 3. The van der Waals surface area contributed by atoms with Gasteiger partial charge in [0, 0.05) is 30.4 Å². The molecule has 0 aliphatic carbocycles. The Labute approximate surface area is 166 Å². The molecule has 1 aromatic carbocycles. The Bertz CT molecular complexity index is 941. The van der Waals surface area contributed by atoms with Crippen molar-refractivity contribution < 1.29 is 9.90 Å². The average Bonchev–Trinajstić information content (AvgIpc) is 2.70. The smallest absolute Gasteiger partial charge is 0.323 e. The highest BCUT2D eigenvalue weighted by atomic mass is 16.4. The van der Waals surface area contributed by atoms with Crippen LogP contribution in [-0.4, -0.2) is 34.6 Å². The van der Waals surface area contributed by atoms with Crippen LogP contribution in [0.3, 0.4) is 0 Å². The molecule has 0 bridgehead atoms. The van der Waals surface area contributed by atoms with Crippen molar-refractivity contribution in [3.63, 3.8) is 0 Å². The molecule has 0 saturated heterocycles. The lowest BCUT2D eigenvalue weighted by Gasteiger charge is -2.18. The van der Waals surface area contributed by atoms with E-state index in [0.29, 0.717) is 5.82 Å². The normalized spacial score (nSPS) is 10.9. The van der Waals surface area contributed by atoms with Crippen molar-refractivity contribution in [2.45, 2.75) is 39.0 Å². The molecule has 1 N–H and O–H groups in total. The van der Waals surface area contributed by atoms with Gasteiger partial charge < -0.3 is 10.0 Å². The van der Waals surface area contributed by atoms with Gasteiger partial charge in [-0.25, -0.2) is 4.98 Å². The number of aryl methyl sites for hydroxylation is 1. The number of hydrogen-bond donors (Lipinski definition) is 1. The lowest BCUT2D eigenvalue weighted by atomic mass is 9.98. The van der Waals surface area contributed by atoms with Crippen LogP contribution in [-0.2, 0) is 11.2 Å². The predicted octanol–water partition coefficient (Wildman–Crippen LogP) is 4.94. The van der Waals surface area contributed by atoms with Gasteiger partial charge in [-0.05, 0) is 48.2 Å². The molecule has 2 aromatic heterocycles. The second-order valence-electron chi connectivity index (χ2n) is 7.18. The monoisotopic (exact) mass is 377 g/mol. The maximum Gasteiger partial charge on any atom is 0.323 e. The number of aromatic nitrogens is 2. The SMILES string of the molecule is CCCCCCc1ccc2nc(N(C)CC(=O)O)cc(-c3cccnc3)c2c1. The Morgan fingerprint density at radius 1 is 1.14 bits per heavy atom. The quantitative estimate of drug-likeness (QED) is 0.535. The van der Waals surface area contributed by atoms with Crippen LogP contribution in [0.2, 0.25) is 0 Å². The van der Waals surface area contributed by atoms with Gasteiger partial charge in [0.05, 0.1) is 5.52 Å². The van der Waals surface area contributed by atoms with Crippen LogP contribution in [0.15, 0.2) is 48.8 Å². The van der Waals surface area contributed by atoms with Crippen molar-refractivity contribution in [1.29, 1.82) is 0 Å². The van der Waals surface area contributed by atoms with Gasteiger partial charge in [0.15, 0.2) is 0 Å². The van der Waals surface area contributed by atoms with E-state index in [1.807, 2.05) is 30.5 Å². The molecule has 3 rings (SSSR count). The number of benzene rings is 1. The molecule has 146 valence electrons. The van der Waals surface area contributed by atoms with E-state index in [9.17, 15) is 4.79 Å². The third kappa shape index (κ3) is 4.85. The van der Waals surface area contributed by atoms with Gasteiger partial charge in [0.25, 0.3) is 0 Å². The van der Waals surface area contributed by atoms with Crippen molar-refractivity contribution in [3.8, 4) is 11.1 Å². The van der Waals surface area contributed by atoms with Crippen LogP contribution in [0.5, 0.6) is 0 Å². The number of anilines is 1. The summed E-state index contributed by atoms with van der Waals surface area (Å²) in [5.74, 6) is -0.237. The molecular weight excluding hydrogens is 350 g/mol. The molecule has 28 heavy (non-hydrogen) atoms. The fraction of sp³-hybridized carbons (Fsp3) is 0.348. The van der Waals surface area contributed by atoms with Crippen LogP contribution in [0.25, 0.3) is 22.0 Å². The molecule has 5 nitrogen and oxygen atoms in total. The molecule has 2 heterocycles. The number of aliphatic carboxylic acids is 1. The topological polar surface area (TPSA) is 66.3 Å². The predicted molar refractivity (Wildman–Crippen MR) is 114 cm³/mol. The standard InChI is InChI=1S/C23H27N3O2/c1-3-4-5-6-8-17-10-11-21-20(13-17)19(18-9-7-12-24-15-18)14-22(25-21)26(2)16-23(27)28/h7,9-15H,3-6,8,16H2,1-2H3,(H,27,28). The van der Waals surface area contributed by atoms with Crippen molar-refractivity contribution in [2.75, 3.05) is 18.5 Å². The summed E-state index contributed by atoms with van der Waals surface area (Å²) < 4.78 is 0. The highest BCUT2D eigenvalue weighted by Crippen LogP contribution is 2.31. The van der Waals surface area contributed by atoms with Gasteiger partial charge in [-0.2, -0.15) is 0 Å². The van der Waals surface area contributed by atoms with Crippen molar-refractivity contribution in [3.05, 3.63) is 54.4 Å². The summed E-state index contributed by atoms with van der Waals surface area (Å²) in [5.41, 5.74) is 4.21. The number of fused-ring (bicyclic) bond motifs is 1. The Balaban J connectivity index is 2.03. The van der Waals surface area contributed by atoms with Crippen molar-refractivity contribution in [2.24, 2.45) is 0 Å². The summed E-state index contributed by atoms with van der Waals surface area (Å²) in [6.45, 7) is 2.13. The second-order valence-corrected chi connectivity index (χ2v) is 7.18. The highest BCUT2D eigenvalue weighted by molar-refractivity contribution is 5.96. The van der Waals surface area contributed by atoms with Gasteiger partial charge in [-0.3, -0.25) is 9.78 Å². The Morgan fingerprint density at radius 3 is 2.71 bits per heavy atom. The second kappa shape index (κ2) is 9.31. The Morgan fingerprint density at radius 2 is 2.00 bits per heavy atom. The fourth-order valence-corrected chi connectivity index (χ4v) is 3.41. The molecule has 0 radical (unpaired) electrons. The van der Waals surface area contributed by atoms with E-state index in [-0.39, 0.29) is 6.54 Å². The van der Waals surface area contributed by atoms with E-state index < -0.39 is 5.97 Å². The first-order chi connectivity index (χ1) is 13.6. The lowest BCUT2D eigenvalue weighted by molar-refractivity contribution is -0.135. The average molecular weight is 377 g/mol. The third-order valence-corrected chi connectivity index (χ3v) is 4.91. The van der Waals surface area contributed by atoms with E-state index >= 15 is 0 Å². The van der Waals surface area contributed by atoms with Gasteiger partial charge in [-0.1, -0.05) is 38.3 Å². The van der Waals surface area contributed by atoms with Crippen LogP contribution < -0.4 is 4.90 Å². The number of pyridine rings is 2. The van der Waals surface area contributed by atoms with Gasteiger partial charge in [0.1, 0.15) is 12.4 Å². The third-order valence-electron chi connectivity index (χ3n) is 4.91. The molecule has 0 amide bonds. The van der Waals surface area contributed by atoms with Gasteiger partial charge in [0.2, 0.25) is 0 Å². The summed E-state index contributed by atoms with van der Waals surface area (Å²) >= 11 is 0. The number of carboxylic acid groups (broad SMARTS) is 1. The van der Waals surface area contributed by atoms with Crippen LogP contribution in [0, 0.1) is 0 Å². The molecule has 0 spiro atoms. The van der Waals surface area contributed by atoms with E-state index in [1.54, 1.807) is 18.1 Å². The maximum atomic E-state index is 11.1. The number of hydrogen-bond acceptors (Lipinski definition) is 4. The van der Waals surface area contributed by atoms with Crippen molar-refractivity contribution in [1.82, 2.24) is 9.97 Å². The summed E-state index contributed by atoms with van der Waals surface area (Å²) in [7, 11) is 1.75. The number of carbonyl (C=O) groups is 1. The largest absolute Gasteiger partial charge is 0.480 e. The van der Waals surface area contributed by atoms with Gasteiger partial charge >= 0.3 is 5.97 Å². The minimum atomic E-state index is -0.880. The van der Waals surface area contributed by atoms with Gasteiger partial charge in [-0.15, -0.1) is 0 Å². The Hall–Kier alpha value is -2.95. The summed E-state index contributed by atoms with van der Waals surface area (Å²) in [6, 6.07) is 12.3. The van der Waals surface area contributed by atoms with E-state index in [0.717, 1.165) is 28.5 Å². The summed E-state index contributed by atoms with van der Waals surface area (Å²) in [4.78, 5) is 21.7. The zero-order chi connectivity index (χ0) is 19.9. The lowest BCUT2D eigenvalue weighted by Crippen LogP contribution is -2.26.